The maximum absolute atomic E-state index is 10.8. The van der Waals surface area contributed by atoms with Crippen LogP contribution in [0.4, 0.5) is 4.79 Å². The van der Waals surface area contributed by atoms with Gasteiger partial charge in [-0.2, -0.15) is 0 Å². The van der Waals surface area contributed by atoms with Crippen molar-refractivity contribution in [2.45, 2.75) is 0 Å². The number of pyridine rings is 1. The molecule has 1 atom stereocenters. The van der Waals surface area contributed by atoms with E-state index in [4.69, 9.17) is 5.73 Å². The fourth-order valence-corrected chi connectivity index (χ4v) is 1.94. The average molecular weight is 180 g/mol. The largest absolute Gasteiger partial charge is 0.477 e. The van der Waals surface area contributed by atoms with Gasteiger partial charge >= 0.3 is 5.24 Å². The summed E-state index contributed by atoms with van der Waals surface area (Å²) in [5.74, 6) is 0. The predicted octanol–water partition coefficient (Wildman–Crippen LogP) is 1.31. The standard InChI is InChI=1S/C7H5N3OS/c8-7(11)12-4-6-5(10-12)2-1-3-9-6/h1-4H,(H-,8,11)/p+1. The normalized spacial score (nSPS) is 11.8. The molecule has 2 heterocycles. The number of nitrogens with zero attached hydrogens (tertiary/aromatic N) is 2. The van der Waals surface area contributed by atoms with E-state index in [1.165, 1.54) is 0 Å². The second kappa shape index (κ2) is 2.53. The first-order valence-electron chi connectivity index (χ1n) is 3.31. The Labute approximate surface area is 71.2 Å². The van der Waals surface area contributed by atoms with Gasteiger partial charge in [-0.25, -0.2) is 9.78 Å². The van der Waals surface area contributed by atoms with Crippen LogP contribution in [-0.2, 0) is 0 Å². The number of nitrogens with two attached hydrogens (primary N) is 1. The molecule has 1 amide bonds. The Kier molecular flexibility index (Phi) is 1.51. The van der Waals surface area contributed by atoms with E-state index < -0.39 is 15.9 Å². The fourth-order valence-electron chi connectivity index (χ4n) is 0.918. The van der Waals surface area contributed by atoms with E-state index in [2.05, 4.69) is 9.36 Å². The van der Waals surface area contributed by atoms with Crippen LogP contribution in [0.15, 0.2) is 23.7 Å². The Morgan fingerprint density at radius 2 is 2.33 bits per heavy atom. The molecule has 2 aromatic rings. The zero-order chi connectivity index (χ0) is 8.55. The Morgan fingerprint density at radius 1 is 1.50 bits per heavy atom. The predicted molar refractivity (Wildman–Crippen MR) is 47.0 cm³/mol. The molecular weight excluding hydrogens is 174 g/mol. The molecule has 0 aliphatic rings. The highest BCUT2D eigenvalue weighted by atomic mass is 32.2. The highest BCUT2D eigenvalue weighted by Gasteiger charge is 2.17. The van der Waals surface area contributed by atoms with Crippen LogP contribution in [0.2, 0.25) is 0 Å². The summed E-state index contributed by atoms with van der Waals surface area (Å²) in [6.45, 7) is 0. The minimum Gasteiger partial charge on any atom is -0.318 e. The van der Waals surface area contributed by atoms with Crippen molar-refractivity contribution in [2.24, 2.45) is 5.73 Å². The van der Waals surface area contributed by atoms with E-state index in [1.807, 2.05) is 6.07 Å². The maximum Gasteiger partial charge on any atom is 0.477 e. The molecule has 0 radical (unpaired) electrons. The van der Waals surface area contributed by atoms with Crippen molar-refractivity contribution in [1.82, 2.24) is 9.36 Å². The van der Waals surface area contributed by atoms with Crippen molar-refractivity contribution in [1.29, 1.82) is 0 Å². The smallest absolute Gasteiger partial charge is 0.318 e. The Balaban J connectivity index is 2.70. The van der Waals surface area contributed by atoms with Gasteiger partial charge in [0.25, 0.3) is 0 Å². The first kappa shape index (κ1) is 7.17. The van der Waals surface area contributed by atoms with E-state index in [1.54, 1.807) is 17.6 Å². The van der Waals surface area contributed by atoms with Crippen LogP contribution in [-0.4, -0.2) is 14.6 Å². The highest BCUT2D eigenvalue weighted by Crippen LogP contribution is 2.20. The summed E-state index contributed by atoms with van der Waals surface area (Å²) >= 11 is 0. The third-order valence-corrected chi connectivity index (χ3v) is 2.69. The Hall–Kier alpha value is -1.49. The Bertz CT molecular complexity index is 404. The summed E-state index contributed by atoms with van der Waals surface area (Å²) in [6.07, 6.45) is 1.67. The SMILES string of the molecule is NC(=O)[s+]1cc2ncccc2n1. The van der Waals surface area contributed by atoms with Crippen LogP contribution in [0.5, 0.6) is 0 Å². The second-order valence-electron chi connectivity index (χ2n) is 2.25. The second-order valence-corrected chi connectivity index (χ2v) is 3.70. The number of primary amides is 1. The van der Waals surface area contributed by atoms with E-state index in [9.17, 15) is 4.79 Å². The summed E-state index contributed by atoms with van der Waals surface area (Å²) in [6, 6.07) is 3.60. The topological polar surface area (TPSA) is 68.9 Å². The number of rotatable bonds is 1. The van der Waals surface area contributed by atoms with Gasteiger partial charge < -0.3 is 5.73 Å². The van der Waals surface area contributed by atoms with Gasteiger partial charge in [-0.05, 0) is 16.5 Å². The third kappa shape index (κ3) is 1.04. The van der Waals surface area contributed by atoms with Crippen molar-refractivity contribution in [2.75, 3.05) is 0 Å². The number of hydrogen-bond acceptors (Lipinski definition) is 3. The van der Waals surface area contributed by atoms with E-state index in [0.29, 0.717) is 0 Å². The third-order valence-electron chi connectivity index (χ3n) is 1.44. The van der Waals surface area contributed by atoms with Gasteiger partial charge in [-0.3, -0.25) is 0 Å². The molecule has 60 valence electrons. The van der Waals surface area contributed by atoms with Crippen LogP contribution in [0.3, 0.4) is 0 Å². The molecule has 5 heteroatoms. The van der Waals surface area contributed by atoms with Gasteiger partial charge in [0.2, 0.25) is 5.38 Å². The van der Waals surface area contributed by atoms with Crippen LogP contribution in [0.1, 0.15) is 0 Å². The number of fused-ring (bicyclic) bond motifs is 1. The van der Waals surface area contributed by atoms with Gasteiger partial charge in [0.1, 0.15) is 11.0 Å². The molecule has 0 spiro atoms. The summed E-state index contributed by atoms with van der Waals surface area (Å²) in [4.78, 5) is 14.8. The average Bonchev–Trinajstić information content (AvgIpc) is 2.46. The first-order valence-corrected chi connectivity index (χ1v) is 4.56. The lowest BCUT2D eigenvalue weighted by Gasteiger charge is -1.76. The molecule has 0 bridgehead atoms. The fraction of sp³-hybridized carbons (Fsp3) is 0. The lowest BCUT2D eigenvalue weighted by Crippen LogP contribution is -2.02. The lowest BCUT2D eigenvalue weighted by molar-refractivity contribution is 0.266. The zero-order valence-electron chi connectivity index (χ0n) is 6.10. The molecule has 0 saturated carbocycles. The molecule has 12 heavy (non-hydrogen) atoms. The van der Waals surface area contributed by atoms with Gasteiger partial charge in [0, 0.05) is 6.20 Å². The number of amides is 1. The molecule has 0 saturated heterocycles. The highest BCUT2D eigenvalue weighted by molar-refractivity contribution is 7.46. The molecule has 0 aliphatic carbocycles. The van der Waals surface area contributed by atoms with Crippen LogP contribution >= 0.6 is 10.7 Å². The molecule has 2 N–H and O–H groups in total. The van der Waals surface area contributed by atoms with E-state index in [0.717, 1.165) is 11.0 Å². The number of carbonyl (C=O) groups is 1. The summed E-state index contributed by atoms with van der Waals surface area (Å²) in [5.41, 5.74) is 6.60. The lowest BCUT2D eigenvalue weighted by atomic mass is 10.4. The van der Waals surface area contributed by atoms with Crippen LogP contribution < -0.4 is 5.73 Å². The number of aromatic nitrogens is 2. The van der Waals surface area contributed by atoms with Crippen molar-refractivity contribution in [3.8, 4) is 0 Å². The quantitative estimate of drug-likeness (QED) is 0.672. The number of hydrogen-bond donors (Lipinski definition) is 1. The molecule has 1 unspecified atom stereocenters. The minimum absolute atomic E-state index is 0.409. The molecule has 0 aromatic carbocycles. The molecule has 0 aliphatic heterocycles. The molecular formula is C7H6N3OS+. The Morgan fingerprint density at radius 3 is 3.00 bits per heavy atom. The first-order chi connectivity index (χ1) is 5.77. The zero-order valence-corrected chi connectivity index (χ0v) is 6.91. The van der Waals surface area contributed by atoms with Gasteiger partial charge in [0.15, 0.2) is 10.7 Å². The molecule has 0 fully saturated rings. The van der Waals surface area contributed by atoms with Gasteiger partial charge in [-0.15, -0.1) is 0 Å². The maximum atomic E-state index is 10.8. The molecule has 2 aromatic heterocycles. The van der Waals surface area contributed by atoms with E-state index in [-0.39, 0.29) is 0 Å². The summed E-state index contributed by atoms with van der Waals surface area (Å²) in [7, 11) is -0.799. The van der Waals surface area contributed by atoms with Crippen LogP contribution in [0, 0.1) is 0 Å². The van der Waals surface area contributed by atoms with Gasteiger partial charge in [-0.1, -0.05) is 0 Å². The number of carbonyl (C=O) groups excluding carboxylic acids is 1. The van der Waals surface area contributed by atoms with Crippen molar-refractivity contribution in [3.63, 3.8) is 0 Å². The summed E-state index contributed by atoms with van der Waals surface area (Å²) < 4.78 is 4.09. The summed E-state index contributed by atoms with van der Waals surface area (Å²) in [5, 5.41) is 1.28. The van der Waals surface area contributed by atoms with Crippen molar-refractivity contribution in [3.05, 3.63) is 23.7 Å². The van der Waals surface area contributed by atoms with E-state index >= 15 is 0 Å². The molecule has 4 nitrogen and oxygen atoms in total. The molecule has 2 rings (SSSR count). The van der Waals surface area contributed by atoms with Gasteiger partial charge in [0.05, 0.1) is 0 Å². The minimum atomic E-state index is -0.799. The monoisotopic (exact) mass is 180 g/mol. The van der Waals surface area contributed by atoms with Crippen LogP contribution in [0.25, 0.3) is 11.0 Å². The van der Waals surface area contributed by atoms with Crippen molar-refractivity contribution < 1.29 is 4.79 Å². The van der Waals surface area contributed by atoms with Crippen molar-refractivity contribution >= 4 is 26.9 Å².